The van der Waals surface area contributed by atoms with Crippen molar-refractivity contribution in [1.29, 1.82) is 0 Å². The number of fused-ring (bicyclic) bond motifs is 1. The number of carbonyl (C=O) groups excluding carboxylic acids is 1. The number of rotatable bonds is 2. The van der Waals surface area contributed by atoms with E-state index in [0.717, 1.165) is 27.2 Å². The van der Waals surface area contributed by atoms with Gasteiger partial charge in [0.25, 0.3) is 0 Å². The monoisotopic (exact) mass is 344 g/mol. The van der Waals surface area contributed by atoms with Crippen LogP contribution in [0.25, 0.3) is 10.2 Å². The summed E-state index contributed by atoms with van der Waals surface area (Å²) in [6, 6.07) is 5.70. The van der Waals surface area contributed by atoms with Crippen molar-refractivity contribution in [3.63, 3.8) is 0 Å². The van der Waals surface area contributed by atoms with Crippen molar-refractivity contribution < 1.29 is 4.79 Å². The van der Waals surface area contributed by atoms with E-state index < -0.39 is 0 Å². The van der Waals surface area contributed by atoms with Crippen LogP contribution in [0.1, 0.15) is 6.42 Å². The van der Waals surface area contributed by atoms with Crippen LogP contribution in [0.4, 0.5) is 5.13 Å². The van der Waals surface area contributed by atoms with Gasteiger partial charge in [0.05, 0.1) is 9.72 Å². The van der Waals surface area contributed by atoms with Crippen molar-refractivity contribution in [3.8, 4) is 0 Å². The molecule has 0 N–H and O–H groups in total. The first-order valence-electron chi connectivity index (χ1n) is 5.60. The Kier molecular flexibility index (Phi) is 3.30. The van der Waals surface area contributed by atoms with E-state index in [2.05, 4.69) is 20.9 Å². The third-order valence-corrected chi connectivity index (χ3v) is 5.28. The molecule has 1 aromatic heterocycles. The summed E-state index contributed by atoms with van der Waals surface area (Å²) in [5.74, 6) is 0.523. The maximum Gasteiger partial charge on any atom is 0.229 e. The summed E-state index contributed by atoms with van der Waals surface area (Å²) < 4.78 is 1.02. The van der Waals surface area contributed by atoms with Crippen molar-refractivity contribution in [2.24, 2.45) is 5.92 Å². The number of hydrogen-bond acceptors (Lipinski definition) is 3. The summed E-state index contributed by atoms with van der Waals surface area (Å²) in [6.07, 6.45) is 0.592. The predicted octanol–water partition coefficient (Wildman–Crippen LogP) is 3.70. The summed E-state index contributed by atoms with van der Waals surface area (Å²) in [4.78, 5) is 18.2. The Bertz CT molecular complexity index is 615. The highest BCUT2D eigenvalue weighted by atomic mass is 79.9. The zero-order valence-corrected chi connectivity index (χ0v) is 12.6. The number of para-hydroxylation sites is 1. The number of amides is 1. The second kappa shape index (κ2) is 4.79. The average Bonchev–Trinajstić information content (AvgIpc) is 2.93. The molecule has 1 fully saturated rings. The zero-order chi connectivity index (χ0) is 12.7. The number of benzene rings is 1. The lowest BCUT2D eigenvalue weighted by atomic mass is 10.2. The number of thiazole rings is 1. The highest BCUT2D eigenvalue weighted by Gasteiger charge is 2.31. The molecule has 1 aromatic carbocycles. The molecule has 1 amide bonds. The predicted molar refractivity (Wildman–Crippen MR) is 78.9 cm³/mol. The molecule has 1 atom stereocenters. The van der Waals surface area contributed by atoms with E-state index in [9.17, 15) is 4.79 Å². The minimum atomic E-state index is 0.148. The van der Waals surface area contributed by atoms with Crippen LogP contribution in [0.5, 0.6) is 0 Å². The molecule has 0 spiro atoms. The first kappa shape index (κ1) is 12.4. The van der Waals surface area contributed by atoms with Gasteiger partial charge in [-0.1, -0.05) is 44.9 Å². The number of alkyl halides is 1. The molecule has 6 heteroatoms. The SMILES string of the molecule is O=C1CC(CBr)CN1c1nc2c(Cl)cccc2s1. The van der Waals surface area contributed by atoms with Crippen molar-refractivity contribution in [2.75, 3.05) is 16.8 Å². The Morgan fingerprint density at radius 2 is 2.39 bits per heavy atom. The van der Waals surface area contributed by atoms with Gasteiger partial charge in [0.1, 0.15) is 5.52 Å². The highest BCUT2D eigenvalue weighted by molar-refractivity contribution is 9.09. The summed E-state index contributed by atoms with van der Waals surface area (Å²) >= 11 is 11.1. The molecule has 0 saturated carbocycles. The van der Waals surface area contributed by atoms with Crippen LogP contribution < -0.4 is 4.90 Å². The Balaban J connectivity index is 2.00. The highest BCUT2D eigenvalue weighted by Crippen LogP contribution is 2.35. The van der Waals surface area contributed by atoms with E-state index in [1.807, 2.05) is 18.2 Å². The number of nitrogens with zero attached hydrogens (tertiary/aromatic N) is 2. The Morgan fingerprint density at radius 1 is 1.56 bits per heavy atom. The van der Waals surface area contributed by atoms with Crippen molar-refractivity contribution in [1.82, 2.24) is 4.98 Å². The molecule has 1 saturated heterocycles. The largest absolute Gasteiger partial charge is 0.288 e. The fraction of sp³-hybridized carbons (Fsp3) is 0.333. The topological polar surface area (TPSA) is 33.2 Å². The van der Waals surface area contributed by atoms with E-state index in [1.54, 1.807) is 4.90 Å². The molecule has 1 unspecified atom stereocenters. The van der Waals surface area contributed by atoms with Gasteiger partial charge in [-0.05, 0) is 18.1 Å². The molecule has 2 aromatic rings. The fourth-order valence-corrected chi connectivity index (χ4v) is 3.81. The molecule has 3 nitrogen and oxygen atoms in total. The smallest absolute Gasteiger partial charge is 0.229 e. The maximum absolute atomic E-state index is 11.9. The van der Waals surface area contributed by atoms with Gasteiger partial charge in [-0.3, -0.25) is 9.69 Å². The summed E-state index contributed by atoms with van der Waals surface area (Å²) in [7, 11) is 0. The van der Waals surface area contributed by atoms with Crippen LogP contribution in [0, 0.1) is 5.92 Å². The lowest BCUT2D eigenvalue weighted by molar-refractivity contribution is -0.117. The van der Waals surface area contributed by atoms with E-state index in [0.29, 0.717) is 17.4 Å². The number of carbonyl (C=O) groups is 1. The van der Waals surface area contributed by atoms with Crippen LogP contribution in [-0.4, -0.2) is 22.8 Å². The van der Waals surface area contributed by atoms with Crippen molar-refractivity contribution in [3.05, 3.63) is 23.2 Å². The molecule has 1 aliphatic heterocycles. The molecular formula is C12H10BrClN2OS. The molecule has 0 aliphatic carbocycles. The molecule has 18 heavy (non-hydrogen) atoms. The first-order chi connectivity index (χ1) is 8.69. The van der Waals surface area contributed by atoms with Crippen molar-refractivity contribution >= 4 is 60.1 Å². The van der Waals surface area contributed by atoms with Gasteiger partial charge < -0.3 is 0 Å². The van der Waals surface area contributed by atoms with Gasteiger partial charge >= 0.3 is 0 Å². The second-order valence-electron chi connectivity index (χ2n) is 4.31. The molecule has 2 heterocycles. The molecule has 94 valence electrons. The standard InChI is InChI=1S/C12H10BrClN2OS/c13-5-7-4-10(17)16(6-7)12-15-11-8(14)2-1-3-9(11)18-12/h1-3,7H,4-6H2. The van der Waals surface area contributed by atoms with Gasteiger partial charge in [-0.2, -0.15) is 0 Å². The lowest BCUT2D eigenvalue weighted by Crippen LogP contribution is -2.24. The number of hydrogen-bond donors (Lipinski definition) is 0. The minimum absolute atomic E-state index is 0.148. The summed E-state index contributed by atoms with van der Waals surface area (Å²) in [6.45, 7) is 0.738. The second-order valence-corrected chi connectivity index (χ2v) is 6.38. The van der Waals surface area contributed by atoms with Gasteiger partial charge in [0.2, 0.25) is 5.91 Å². The summed E-state index contributed by atoms with van der Waals surface area (Å²) in [5, 5.41) is 2.24. The van der Waals surface area contributed by atoms with Gasteiger partial charge in [0.15, 0.2) is 5.13 Å². The molecule has 3 rings (SSSR count). The molecule has 1 aliphatic rings. The number of aromatic nitrogens is 1. The van der Waals surface area contributed by atoms with Crippen LogP contribution in [0.3, 0.4) is 0 Å². The minimum Gasteiger partial charge on any atom is -0.288 e. The van der Waals surface area contributed by atoms with E-state index >= 15 is 0 Å². The number of anilines is 1. The van der Waals surface area contributed by atoms with Gasteiger partial charge in [-0.25, -0.2) is 4.98 Å². The maximum atomic E-state index is 11.9. The molecular weight excluding hydrogens is 336 g/mol. The molecule has 0 radical (unpaired) electrons. The van der Waals surface area contributed by atoms with Crippen LogP contribution >= 0.6 is 38.9 Å². The Morgan fingerprint density at radius 3 is 3.06 bits per heavy atom. The van der Waals surface area contributed by atoms with Gasteiger partial charge in [0, 0.05) is 18.3 Å². The molecule has 0 bridgehead atoms. The van der Waals surface area contributed by atoms with E-state index in [-0.39, 0.29) is 5.91 Å². The Labute approximate surface area is 122 Å². The average molecular weight is 346 g/mol. The number of halogens is 2. The van der Waals surface area contributed by atoms with Crippen molar-refractivity contribution in [2.45, 2.75) is 6.42 Å². The van der Waals surface area contributed by atoms with E-state index in [1.165, 1.54) is 11.3 Å². The van der Waals surface area contributed by atoms with Crippen LogP contribution in [-0.2, 0) is 4.79 Å². The lowest BCUT2D eigenvalue weighted by Gasteiger charge is -2.11. The summed E-state index contributed by atoms with van der Waals surface area (Å²) in [5.41, 5.74) is 0.786. The van der Waals surface area contributed by atoms with Gasteiger partial charge in [-0.15, -0.1) is 0 Å². The van der Waals surface area contributed by atoms with Crippen LogP contribution in [0.15, 0.2) is 18.2 Å². The zero-order valence-electron chi connectivity index (χ0n) is 9.40. The first-order valence-corrected chi connectivity index (χ1v) is 7.92. The fourth-order valence-electron chi connectivity index (χ4n) is 2.09. The third-order valence-electron chi connectivity index (χ3n) is 3.01. The quantitative estimate of drug-likeness (QED) is 0.778. The normalized spacial score (nSPS) is 20.0. The third kappa shape index (κ3) is 2.04. The van der Waals surface area contributed by atoms with Crippen LogP contribution in [0.2, 0.25) is 5.02 Å². The Hall–Kier alpha value is -0.650. The van der Waals surface area contributed by atoms with E-state index in [4.69, 9.17) is 11.6 Å².